The van der Waals surface area contributed by atoms with Gasteiger partial charge in [-0.1, -0.05) is 42.5 Å². The van der Waals surface area contributed by atoms with Gasteiger partial charge in [0.15, 0.2) is 5.76 Å². The SMILES string of the molecule is C=C(C)C[C@H]([NH2+][C@@H](C)c1ccccc1)c1ccco1. The summed E-state index contributed by atoms with van der Waals surface area (Å²) in [5, 5.41) is 2.35. The predicted octanol–water partition coefficient (Wildman–Crippen LogP) is 3.61. The van der Waals surface area contributed by atoms with E-state index >= 15 is 0 Å². The number of hydrogen-bond donors (Lipinski definition) is 1. The molecule has 0 bridgehead atoms. The third-order valence-corrected chi connectivity index (χ3v) is 3.32. The topological polar surface area (TPSA) is 29.8 Å². The molecule has 0 fully saturated rings. The fourth-order valence-corrected chi connectivity index (χ4v) is 2.36. The van der Waals surface area contributed by atoms with Gasteiger partial charge in [-0.15, -0.1) is 0 Å². The predicted molar refractivity (Wildman–Crippen MR) is 77.7 cm³/mol. The molecule has 1 aromatic heterocycles. The van der Waals surface area contributed by atoms with Crippen LogP contribution in [0.2, 0.25) is 0 Å². The monoisotopic (exact) mass is 256 g/mol. The number of quaternary nitrogens is 1. The summed E-state index contributed by atoms with van der Waals surface area (Å²) < 4.78 is 5.56. The van der Waals surface area contributed by atoms with Gasteiger partial charge in [-0.05, 0) is 26.0 Å². The number of nitrogens with two attached hydrogens (primary N) is 1. The lowest BCUT2D eigenvalue weighted by atomic mass is 10.0. The second-order valence-electron chi connectivity index (χ2n) is 5.17. The van der Waals surface area contributed by atoms with Crippen LogP contribution >= 0.6 is 0 Å². The Bertz CT molecular complexity index is 501. The van der Waals surface area contributed by atoms with Crippen LogP contribution in [0.25, 0.3) is 0 Å². The van der Waals surface area contributed by atoms with Crippen LogP contribution in [0.3, 0.4) is 0 Å². The second-order valence-corrected chi connectivity index (χ2v) is 5.17. The molecule has 2 aromatic rings. The molecule has 2 atom stereocenters. The zero-order valence-corrected chi connectivity index (χ0v) is 11.7. The lowest BCUT2D eigenvalue weighted by Gasteiger charge is -2.19. The fourth-order valence-electron chi connectivity index (χ4n) is 2.36. The highest BCUT2D eigenvalue weighted by molar-refractivity contribution is 5.16. The van der Waals surface area contributed by atoms with Crippen molar-refractivity contribution in [2.75, 3.05) is 0 Å². The summed E-state index contributed by atoms with van der Waals surface area (Å²) in [5.74, 6) is 1.02. The quantitative estimate of drug-likeness (QED) is 0.786. The molecular formula is C17H22NO+. The van der Waals surface area contributed by atoms with Crippen LogP contribution in [0, 0.1) is 0 Å². The van der Waals surface area contributed by atoms with Gasteiger partial charge >= 0.3 is 0 Å². The Hall–Kier alpha value is -1.80. The van der Waals surface area contributed by atoms with E-state index in [1.54, 1.807) is 6.26 Å². The van der Waals surface area contributed by atoms with E-state index < -0.39 is 0 Å². The van der Waals surface area contributed by atoms with E-state index in [1.165, 1.54) is 11.1 Å². The summed E-state index contributed by atoms with van der Waals surface area (Å²) in [6.45, 7) is 8.32. The Balaban J connectivity index is 2.10. The first kappa shape index (κ1) is 13.6. The van der Waals surface area contributed by atoms with Crippen LogP contribution in [0.1, 0.15) is 43.7 Å². The maximum absolute atomic E-state index is 5.56. The molecular weight excluding hydrogens is 234 g/mol. The van der Waals surface area contributed by atoms with E-state index in [2.05, 4.69) is 50.0 Å². The number of furan rings is 1. The molecule has 1 aromatic carbocycles. The van der Waals surface area contributed by atoms with E-state index in [9.17, 15) is 0 Å². The van der Waals surface area contributed by atoms with Crippen LogP contribution in [0.15, 0.2) is 65.3 Å². The first-order valence-electron chi connectivity index (χ1n) is 6.74. The van der Waals surface area contributed by atoms with Gasteiger partial charge < -0.3 is 9.73 Å². The Labute approximate surface area is 115 Å². The maximum atomic E-state index is 5.56. The fraction of sp³-hybridized carbons (Fsp3) is 0.294. The molecule has 0 spiro atoms. The third-order valence-electron chi connectivity index (χ3n) is 3.32. The molecule has 100 valence electrons. The van der Waals surface area contributed by atoms with Crippen molar-refractivity contribution in [3.8, 4) is 0 Å². The molecule has 1 heterocycles. The largest absolute Gasteiger partial charge is 0.463 e. The molecule has 2 rings (SSSR count). The highest BCUT2D eigenvalue weighted by Crippen LogP contribution is 2.19. The molecule has 2 nitrogen and oxygen atoms in total. The lowest BCUT2D eigenvalue weighted by Crippen LogP contribution is -2.85. The molecule has 2 N–H and O–H groups in total. The Kier molecular flexibility index (Phi) is 4.58. The molecule has 0 saturated carbocycles. The lowest BCUT2D eigenvalue weighted by molar-refractivity contribution is -0.732. The van der Waals surface area contributed by atoms with Crippen LogP contribution in [0.4, 0.5) is 0 Å². The van der Waals surface area contributed by atoms with Gasteiger partial charge in [0, 0.05) is 12.0 Å². The highest BCUT2D eigenvalue weighted by Gasteiger charge is 2.21. The molecule has 19 heavy (non-hydrogen) atoms. The van der Waals surface area contributed by atoms with Gasteiger partial charge in [0.25, 0.3) is 0 Å². The van der Waals surface area contributed by atoms with Gasteiger partial charge in [0.05, 0.1) is 6.26 Å². The van der Waals surface area contributed by atoms with E-state index in [0.717, 1.165) is 12.2 Å². The van der Waals surface area contributed by atoms with Gasteiger partial charge in [-0.2, -0.15) is 0 Å². The van der Waals surface area contributed by atoms with Crippen molar-refractivity contribution in [1.29, 1.82) is 0 Å². The molecule has 2 heteroatoms. The zero-order chi connectivity index (χ0) is 13.7. The smallest absolute Gasteiger partial charge is 0.161 e. The summed E-state index contributed by atoms with van der Waals surface area (Å²) in [6.07, 6.45) is 2.67. The summed E-state index contributed by atoms with van der Waals surface area (Å²) in [4.78, 5) is 0. The Morgan fingerprint density at radius 1 is 1.21 bits per heavy atom. The van der Waals surface area contributed by atoms with Crippen molar-refractivity contribution in [2.45, 2.75) is 32.4 Å². The average molecular weight is 256 g/mol. The van der Waals surface area contributed by atoms with E-state index in [0.29, 0.717) is 12.1 Å². The minimum Gasteiger partial charge on any atom is -0.463 e. The van der Waals surface area contributed by atoms with Crippen molar-refractivity contribution < 1.29 is 9.73 Å². The molecule has 0 unspecified atom stereocenters. The molecule has 0 radical (unpaired) electrons. The minimum atomic E-state index is 0.294. The zero-order valence-electron chi connectivity index (χ0n) is 11.7. The summed E-state index contributed by atoms with van der Waals surface area (Å²) >= 11 is 0. The summed E-state index contributed by atoms with van der Waals surface area (Å²) in [6, 6.07) is 15.2. The first-order valence-corrected chi connectivity index (χ1v) is 6.74. The van der Waals surface area contributed by atoms with Crippen LogP contribution < -0.4 is 5.32 Å². The molecule has 0 aliphatic carbocycles. The standard InChI is InChI=1S/C17H21NO/c1-13(2)12-16(17-10-7-11-19-17)18-14(3)15-8-5-4-6-9-15/h4-11,14,16,18H,1,12H2,2-3H3/p+1/t14-,16-/m0/s1. The summed E-state index contributed by atoms with van der Waals surface area (Å²) in [5.41, 5.74) is 2.51. The van der Waals surface area contributed by atoms with Crippen LogP contribution in [0.5, 0.6) is 0 Å². The Morgan fingerprint density at radius 2 is 1.95 bits per heavy atom. The summed E-state index contributed by atoms with van der Waals surface area (Å²) in [7, 11) is 0. The van der Waals surface area contributed by atoms with Crippen molar-refractivity contribution >= 4 is 0 Å². The molecule has 0 amide bonds. The van der Waals surface area contributed by atoms with Crippen molar-refractivity contribution in [3.05, 3.63) is 72.2 Å². The van der Waals surface area contributed by atoms with E-state index in [1.807, 2.05) is 18.2 Å². The van der Waals surface area contributed by atoms with Crippen molar-refractivity contribution in [2.24, 2.45) is 0 Å². The first-order chi connectivity index (χ1) is 9.16. The molecule has 0 aliphatic rings. The van der Waals surface area contributed by atoms with Gasteiger partial charge in [0.1, 0.15) is 12.1 Å². The minimum absolute atomic E-state index is 0.294. The van der Waals surface area contributed by atoms with E-state index in [4.69, 9.17) is 4.42 Å². The van der Waals surface area contributed by atoms with Crippen LogP contribution in [-0.2, 0) is 0 Å². The maximum Gasteiger partial charge on any atom is 0.161 e. The second kappa shape index (κ2) is 6.39. The van der Waals surface area contributed by atoms with Crippen molar-refractivity contribution in [3.63, 3.8) is 0 Å². The average Bonchev–Trinajstić information content (AvgIpc) is 2.92. The van der Waals surface area contributed by atoms with Gasteiger partial charge in [0.2, 0.25) is 0 Å². The number of hydrogen-bond acceptors (Lipinski definition) is 1. The van der Waals surface area contributed by atoms with E-state index in [-0.39, 0.29) is 0 Å². The normalized spacial score (nSPS) is 14.0. The van der Waals surface area contributed by atoms with Crippen molar-refractivity contribution in [1.82, 2.24) is 0 Å². The highest BCUT2D eigenvalue weighted by atomic mass is 16.3. The Morgan fingerprint density at radius 3 is 2.53 bits per heavy atom. The molecule has 0 saturated heterocycles. The van der Waals surface area contributed by atoms with Crippen LogP contribution in [-0.4, -0.2) is 0 Å². The number of benzene rings is 1. The third kappa shape index (κ3) is 3.83. The van der Waals surface area contributed by atoms with Gasteiger partial charge in [-0.3, -0.25) is 0 Å². The number of rotatable bonds is 6. The van der Waals surface area contributed by atoms with Gasteiger partial charge in [-0.25, -0.2) is 0 Å². The molecule has 0 aliphatic heterocycles.